The molecule has 0 aliphatic carbocycles. The predicted octanol–water partition coefficient (Wildman–Crippen LogP) is 1.42. The van der Waals surface area contributed by atoms with Gasteiger partial charge in [-0.3, -0.25) is 4.79 Å². The Morgan fingerprint density at radius 2 is 2.12 bits per heavy atom. The molecule has 0 saturated heterocycles. The molecule has 0 saturated carbocycles. The average molecular weight is 244 g/mol. The highest BCUT2D eigenvalue weighted by atomic mass is 32.1. The van der Waals surface area contributed by atoms with Crippen molar-refractivity contribution in [3.05, 3.63) is 47.0 Å². The maximum Gasteiger partial charge on any atom is 0.274 e. The molecule has 0 amide bonds. The van der Waals surface area contributed by atoms with E-state index in [9.17, 15) is 4.79 Å². The van der Waals surface area contributed by atoms with Crippen LogP contribution in [-0.4, -0.2) is 13.9 Å². The summed E-state index contributed by atoms with van der Waals surface area (Å²) in [6, 6.07) is 6.92. The Labute approximate surface area is 100 Å². The van der Waals surface area contributed by atoms with E-state index in [1.54, 1.807) is 40.6 Å². The number of fused-ring (bicyclic) bond motifs is 1. The molecule has 3 heterocycles. The number of pyridine rings is 2. The van der Waals surface area contributed by atoms with Crippen molar-refractivity contribution < 1.29 is 0 Å². The standard InChI is InChI=1S/C11H8N4OS/c12-9-6-7(3-5-13-9)15-11(16)8-2-1-4-14-10(8)17-15/h1-6H,(H2,12,13). The summed E-state index contributed by atoms with van der Waals surface area (Å²) < 4.78 is 1.57. The van der Waals surface area contributed by atoms with Crippen molar-refractivity contribution in [1.82, 2.24) is 13.9 Å². The van der Waals surface area contributed by atoms with E-state index in [0.29, 0.717) is 21.7 Å². The summed E-state index contributed by atoms with van der Waals surface area (Å²) in [5.74, 6) is 0.389. The number of rotatable bonds is 1. The van der Waals surface area contributed by atoms with E-state index in [1.807, 2.05) is 0 Å². The maximum absolute atomic E-state index is 12.1. The first-order chi connectivity index (χ1) is 8.25. The van der Waals surface area contributed by atoms with Crippen molar-refractivity contribution in [1.29, 1.82) is 0 Å². The molecule has 0 spiro atoms. The van der Waals surface area contributed by atoms with Crippen molar-refractivity contribution in [2.75, 3.05) is 5.73 Å². The molecule has 0 aliphatic heterocycles. The molecular formula is C11H8N4OS. The van der Waals surface area contributed by atoms with E-state index in [4.69, 9.17) is 5.73 Å². The number of nitrogen functional groups attached to an aromatic ring is 1. The molecule has 17 heavy (non-hydrogen) atoms. The third-order valence-corrected chi connectivity index (χ3v) is 3.42. The lowest BCUT2D eigenvalue weighted by molar-refractivity contribution is 1.13. The third-order valence-electron chi connectivity index (χ3n) is 2.36. The lowest BCUT2D eigenvalue weighted by atomic mass is 10.3. The quantitative estimate of drug-likeness (QED) is 0.702. The lowest BCUT2D eigenvalue weighted by Gasteiger charge is -1.99. The number of hydrogen-bond donors (Lipinski definition) is 1. The summed E-state index contributed by atoms with van der Waals surface area (Å²) in [6.07, 6.45) is 3.25. The van der Waals surface area contributed by atoms with Gasteiger partial charge in [-0.1, -0.05) is 0 Å². The number of anilines is 1. The highest BCUT2D eigenvalue weighted by Crippen LogP contribution is 2.18. The zero-order valence-electron chi connectivity index (χ0n) is 8.70. The van der Waals surface area contributed by atoms with E-state index in [1.165, 1.54) is 11.5 Å². The van der Waals surface area contributed by atoms with Gasteiger partial charge in [0.15, 0.2) is 0 Å². The van der Waals surface area contributed by atoms with Crippen LogP contribution >= 0.6 is 11.5 Å². The van der Waals surface area contributed by atoms with Crippen molar-refractivity contribution in [3.63, 3.8) is 0 Å². The van der Waals surface area contributed by atoms with Crippen LogP contribution in [0.4, 0.5) is 5.82 Å². The van der Waals surface area contributed by atoms with Crippen LogP contribution in [0.3, 0.4) is 0 Å². The van der Waals surface area contributed by atoms with E-state index in [-0.39, 0.29) is 5.56 Å². The molecule has 2 N–H and O–H groups in total. The molecular weight excluding hydrogens is 236 g/mol. The van der Waals surface area contributed by atoms with E-state index < -0.39 is 0 Å². The summed E-state index contributed by atoms with van der Waals surface area (Å²) in [7, 11) is 0. The molecule has 0 fully saturated rings. The van der Waals surface area contributed by atoms with Crippen LogP contribution in [0.15, 0.2) is 41.5 Å². The molecule has 0 radical (unpaired) electrons. The van der Waals surface area contributed by atoms with Gasteiger partial charge in [-0.25, -0.2) is 13.9 Å². The maximum atomic E-state index is 12.1. The number of aromatic nitrogens is 3. The van der Waals surface area contributed by atoms with Crippen molar-refractivity contribution >= 4 is 27.6 Å². The minimum absolute atomic E-state index is 0.0799. The first-order valence-corrected chi connectivity index (χ1v) is 5.72. The molecule has 0 aliphatic rings. The molecule has 84 valence electrons. The summed E-state index contributed by atoms with van der Waals surface area (Å²) in [5, 5.41) is 0.618. The summed E-state index contributed by atoms with van der Waals surface area (Å²) in [4.78, 5) is 20.9. The van der Waals surface area contributed by atoms with Crippen LogP contribution in [0.1, 0.15) is 0 Å². The van der Waals surface area contributed by atoms with E-state index >= 15 is 0 Å². The fourth-order valence-corrected chi connectivity index (χ4v) is 2.53. The van der Waals surface area contributed by atoms with E-state index in [0.717, 1.165) is 0 Å². The number of nitrogens with zero attached hydrogens (tertiary/aromatic N) is 3. The first-order valence-electron chi connectivity index (χ1n) is 4.95. The minimum atomic E-state index is -0.0799. The second kappa shape index (κ2) is 3.67. The van der Waals surface area contributed by atoms with Gasteiger partial charge in [0.2, 0.25) is 0 Å². The fourth-order valence-electron chi connectivity index (χ4n) is 1.60. The van der Waals surface area contributed by atoms with Gasteiger partial charge in [0.1, 0.15) is 10.6 Å². The topological polar surface area (TPSA) is 73.8 Å². The largest absolute Gasteiger partial charge is 0.384 e. The third kappa shape index (κ3) is 1.58. The van der Waals surface area contributed by atoms with Crippen LogP contribution in [0.2, 0.25) is 0 Å². The second-order valence-electron chi connectivity index (χ2n) is 3.49. The molecule has 6 heteroatoms. The molecule has 5 nitrogen and oxygen atoms in total. The van der Waals surface area contributed by atoms with E-state index in [2.05, 4.69) is 9.97 Å². The van der Waals surface area contributed by atoms with Crippen molar-refractivity contribution in [2.24, 2.45) is 0 Å². The van der Waals surface area contributed by atoms with Crippen molar-refractivity contribution in [3.8, 4) is 5.69 Å². The summed E-state index contributed by atoms with van der Waals surface area (Å²) in [5.41, 5.74) is 6.24. The minimum Gasteiger partial charge on any atom is -0.384 e. The van der Waals surface area contributed by atoms with Crippen LogP contribution in [-0.2, 0) is 0 Å². The Kier molecular flexibility index (Phi) is 2.15. The van der Waals surface area contributed by atoms with Gasteiger partial charge in [-0.2, -0.15) is 0 Å². The summed E-state index contributed by atoms with van der Waals surface area (Å²) >= 11 is 1.30. The second-order valence-corrected chi connectivity index (χ2v) is 4.42. The van der Waals surface area contributed by atoms with Gasteiger partial charge >= 0.3 is 0 Å². The Morgan fingerprint density at radius 3 is 2.88 bits per heavy atom. The lowest BCUT2D eigenvalue weighted by Crippen LogP contribution is -2.11. The number of nitrogens with two attached hydrogens (primary N) is 1. The summed E-state index contributed by atoms with van der Waals surface area (Å²) in [6.45, 7) is 0. The zero-order valence-corrected chi connectivity index (χ0v) is 9.52. The van der Waals surface area contributed by atoms with Gasteiger partial charge in [-0.05, 0) is 29.7 Å². The monoisotopic (exact) mass is 244 g/mol. The van der Waals surface area contributed by atoms with Gasteiger partial charge < -0.3 is 5.73 Å². The Hall–Kier alpha value is -2.21. The smallest absolute Gasteiger partial charge is 0.274 e. The van der Waals surface area contributed by atoms with Gasteiger partial charge in [0.05, 0.1) is 11.1 Å². The van der Waals surface area contributed by atoms with Crippen LogP contribution in [0.5, 0.6) is 0 Å². The molecule has 3 aromatic heterocycles. The molecule has 0 atom stereocenters. The number of hydrogen-bond acceptors (Lipinski definition) is 5. The Bertz CT molecular complexity index is 746. The highest BCUT2D eigenvalue weighted by molar-refractivity contribution is 7.13. The Balaban J connectivity index is 2.31. The fraction of sp³-hybridized carbons (Fsp3) is 0. The van der Waals surface area contributed by atoms with Crippen LogP contribution in [0.25, 0.3) is 15.9 Å². The highest BCUT2D eigenvalue weighted by Gasteiger charge is 2.09. The zero-order chi connectivity index (χ0) is 11.8. The Morgan fingerprint density at radius 1 is 1.24 bits per heavy atom. The van der Waals surface area contributed by atoms with Crippen LogP contribution < -0.4 is 11.3 Å². The molecule has 0 bridgehead atoms. The normalized spacial score (nSPS) is 10.8. The first kappa shape index (κ1) is 9.98. The van der Waals surface area contributed by atoms with Crippen LogP contribution in [0, 0.1) is 0 Å². The SMILES string of the molecule is Nc1cc(-n2sc3ncccc3c2=O)ccn1. The predicted molar refractivity (Wildman–Crippen MR) is 67.4 cm³/mol. The molecule has 3 aromatic rings. The molecule has 0 unspecified atom stereocenters. The molecule has 3 rings (SSSR count). The van der Waals surface area contributed by atoms with Gasteiger partial charge in [-0.15, -0.1) is 0 Å². The average Bonchev–Trinajstić information content (AvgIpc) is 2.68. The van der Waals surface area contributed by atoms with Gasteiger partial charge in [0.25, 0.3) is 5.56 Å². The van der Waals surface area contributed by atoms with Gasteiger partial charge in [0, 0.05) is 18.5 Å². The molecule has 0 aromatic carbocycles. The van der Waals surface area contributed by atoms with Crippen molar-refractivity contribution in [2.45, 2.75) is 0 Å².